The van der Waals surface area contributed by atoms with E-state index in [1.54, 1.807) is 17.0 Å². The van der Waals surface area contributed by atoms with Gasteiger partial charge in [0.15, 0.2) is 17.5 Å². The van der Waals surface area contributed by atoms with Crippen LogP contribution in [0.3, 0.4) is 0 Å². The number of fused-ring (bicyclic) bond motifs is 2. The Morgan fingerprint density at radius 3 is 2.73 bits per heavy atom. The molecule has 4 heterocycles. The van der Waals surface area contributed by atoms with Gasteiger partial charge in [0.05, 0.1) is 10.9 Å². The highest BCUT2D eigenvalue weighted by Crippen LogP contribution is 2.38. The van der Waals surface area contributed by atoms with E-state index < -0.39 is 17.5 Å². The summed E-state index contributed by atoms with van der Waals surface area (Å²) in [7, 11) is 3.93. The molecular formula is C34H37F3N6O2. The number of hydrogen-bond donors (Lipinski definition) is 0. The van der Waals surface area contributed by atoms with Crippen LogP contribution in [-0.2, 0) is 4.79 Å². The zero-order valence-corrected chi connectivity index (χ0v) is 25.8. The quantitative estimate of drug-likeness (QED) is 0.209. The molecule has 6 rings (SSSR count). The van der Waals surface area contributed by atoms with Gasteiger partial charge in [0, 0.05) is 43.3 Å². The number of pyridine rings is 1. The Balaban J connectivity index is 1.47. The van der Waals surface area contributed by atoms with E-state index in [-0.39, 0.29) is 45.7 Å². The average molecular weight is 619 g/mol. The molecule has 2 aromatic carbocycles. The van der Waals surface area contributed by atoms with Crippen molar-refractivity contribution in [2.24, 2.45) is 0 Å². The van der Waals surface area contributed by atoms with Crippen molar-refractivity contribution in [2.45, 2.75) is 50.6 Å². The highest BCUT2D eigenvalue weighted by atomic mass is 19.2. The number of rotatable bonds is 9. The predicted molar refractivity (Wildman–Crippen MR) is 169 cm³/mol. The van der Waals surface area contributed by atoms with E-state index in [9.17, 15) is 9.18 Å². The van der Waals surface area contributed by atoms with Crippen LogP contribution in [0.1, 0.15) is 39.0 Å². The number of likely N-dealkylation sites (N-methyl/N-ethyl adjacent to an activating group) is 2. The molecule has 45 heavy (non-hydrogen) atoms. The Bertz CT molecular complexity index is 1780. The van der Waals surface area contributed by atoms with Crippen molar-refractivity contribution in [3.05, 3.63) is 66.6 Å². The molecule has 1 amide bonds. The number of aromatic nitrogens is 3. The summed E-state index contributed by atoms with van der Waals surface area (Å²) in [5, 5.41) is 0.698. The molecule has 2 saturated heterocycles. The molecule has 2 aliphatic rings. The number of likely N-dealkylation sites (tertiary alicyclic amines) is 2. The number of carbonyl (C=O) groups excluding carboxylic acids is 1. The van der Waals surface area contributed by atoms with E-state index >= 15 is 8.78 Å². The molecule has 0 radical (unpaired) electrons. The lowest BCUT2D eigenvalue weighted by atomic mass is 9.92. The third-order valence-corrected chi connectivity index (χ3v) is 9.50. The summed E-state index contributed by atoms with van der Waals surface area (Å²) in [6, 6.07) is 7.21. The van der Waals surface area contributed by atoms with Gasteiger partial charge < -0.3 is 14.5 Å². The van der Waals surface area contributed by atoms with Gasteiger partial charge >= 0.3 is 6.01 Å². The van der Waals surface area contributed by atoms with Crippen LogP contribution < -0.4 is 9.64 Å². The summed E-state index contributed by atoms with van der Waals surface area (Å²) >= 11 is 0. The molecule has 0 N–H and O–H groups in total. The van der Waals surface area contributed by atoms with Crippen LogP contribution in [-0.4, -0.2) is 82.6 Å². The molecule has 11 heteroatoms. The average Bonchev–Trinajstić information content (AvgIpc) is 3.68. The molecule has 236 valence electrons. The second-order valence-electron chi connectivity index (χ2n) is 12.1. The maximum Gasteiger partial charge on any atom is 0.319 e. The first-order valence-electron chi connectivity index (χ1n) is 15.4. The molecular weight excluding hydrogens is 581 g/mol. The number of halogens is 3. The van der Waals surface area contributed by atoms with Crippen molar-refractivity contribution in [2.75, 3.05) is 45.2 Å². The fourth-order valence-electron chi connectivity index (χ4n) is 6.92. The van der Waals surface area contributed by atoms with Crippen LogP contribution in [0.15, 0.2) is 49.2 Å². The SMILES string of the molecule is C=CC(=O)N1CCC(N(C)c2nc(OCC3(CCC)CCCN3C)nc3c(F)c(-c4cccc5ccc(F)c(F)c45)ncc23)C1. The van der Waals surface area contributed by atoms with E-state index in [2.05, 4.69) is 35.4 Å². The van der Waals surface area contributed by atoms with Crippen molar-refractivity contribution in [3.63, 3.8) is 0 Å². The first-order chi connectivity index (χ1) is 21.7. The van der Waals surface area contributed by atoms with E-state index in [0.717, 1.165) is 38.3 Å². The van der Waals surface area contributed by atoms with E-state index in [1.807, 2.05) is 11.9 Å². The van der Waals surface area contributed by atoms with E-state index in [4.69, 9.17) is 9.72 Å². The molecule has 0 aliphatic carbocycles. The van der Waals surface area contributed by atoms with Crippen molar-refractivity contribution in [1.82, 2.24) is 24.8 Å². The van der Waals surface area contributed by atoms with Crippen molar-refractivity contribution in [1.29, 1.82) is 0 Å². The highest BCUT2D eigenvalue weighted by molar-refractivity contribution is 5.99. The summed E-state index contributed by atoms with van der Waals surface area (Å²) in [6.07, 6.45) is 7.38. The van der Waals surface area contributed by atoms with Crippen molar-refractivity contribution < 1.29 is 22.7 Å². The number of hydrogen-bond acceptors (Lipinski definition) is 7. The van der Waals surface area contributed by atoms with Gasteiger partial charge in [0.2, 0.25) is 5.91 Å². The molecule has 2 fully saturated rings. The molecule has 2 aromatic heterocycles. The van der Waals surface area contributed by atoms with Crippen molar-refractivity contribution >= 4 is 33.4 Å². The van der Waals surface area contributed by atoms with Gasteiger partial charge in [-0.15, -0.1) is 0 Å². The first-order valence-corrected chi connectivity index (χ1v) is 15.4. The monoisotopic (exact) mass is 618 g/mol. The Labute approximate surface area is 260 Å². The Morgan fingerprint density at radius 1 is 1.18 bits per heavy atom. The second kappa shape index (κ2) is 12.3. The summed E-state index contributed by atoms with van der Waals surface area (Å²) < 4.78 is 52.3. The van der Waals surface area contributed by atoms with Crippen LogP contribution in [0, 0.1) is 17.5 Å². The summed E-state index contributed by atoms with van der Waals surface area (Å²) in [5.74, 6) is -2.64. The Hall–Kier alpha value is -4.25. The van der Waals surface area contributed by atoms with Gasteiger partial charge in [-0.05, 0) is 56.8 Å². The molecule has 4 aromatic rings. The van der Waals surface area contributed by atoms with E-state index in [0.29, 0.717) is 42.7 Å². The highest BCUT2D eigenvalue weighted by Gasteiger charge is 2.39. The number of anilines is 1. The Kier molecular flexibility index (Phi) is 8.39. The number of benzene rings is 2. The van der Waals surface area contributed by atoms with Crippen LogP contribution in [0.2, 0.25) is 0 Å². The largest absolute Gasteiger partial charge is 0.461 e. The lowest BCUT2D eigenvalue weighted by Gasteiger charge is -2.35. The summed E-state index contributed by atoms with van der Waals surface area (Å²) in [4.78, 5) is 31.9. The van der Waals surface area contributed by atoms with Crippen LogP contribution in [0.4, 0.5) is 19.0 Å². The maximum absolute atomic E-state index is 16.6. The van der Waals surface area contributed by atoms with Crippen LogP contribution in [0.5, 0.6) is 6.01 Å². The fraction of sp³-hybridized carbons (Fsp3) is 0.412. The molecule has 2 aliphatic heterocycles. The van der Waals surface area contributed by atoms with Gasteiger partial charge in [0.25, 0.3) is 0 Å². The van der Waals surface area contributed by atoms with Gasteiger partial charge in [-0.25, -0.2) is 13.2 Å². The minimum absolute atomic E-state index is 0.0170. The molecule has 2 unspecified atom stereocenters. The number of nitrogens with zero attached hydrogens (tertiary/aromatic N) is 6. The molecule has 2 atom stereocenters. The topological polar surface area (TPSA) is 74.7 Å². The normalized spacial score (nSPS) is 20.3. The fourth-order valence-corrected chi connectivity index (χ4v) is 6.92. The summed E-state index contributed by atoms with van der Waals surface area (Å²) in [5.41, 5.74) is -0.258. The Morgan fingerprint density at radius 2 is 2.00 bits per heavy atom. The maximum atomic E-state index is 16.6. The predicted octanol–water partition coefficient (Wildman–Crippen LogP) is 6.13. The third-order valence-electron chi connectivity index (χ3n) is 9.50. The molecule has 0 saturated carbocycles. The van der Waals surface area contributed by atoms with Gasteiger partial charge in [-0.1, -0.05) is 44.2 Å². The lowest BCUT2D eigenvalue weighted by molar-refractivity contribution is -0.125. The van der Waals surface area contributed by atoms with Gasteiger partial charge in [-0.2, -0.15) is 9.97 Å². The van der Waals surface area contributed by atoms with Crippen LogP contribution in [0.25, 0.3) is 32.9 Å². The zero-order chi connectivity index (χ0) is 31.9. The number of carbonyl (C=O) groups is 1. The second-order valence-corrected chi connectivity index (χ2v) is 12.1. The summed E-state index contributed by atoms with van der Waals surface area (Å²) in [6.45, 7) is 8.04. The smallest absolute Gasteiger partial charge is 0.319 e. The molecule has 0 spiro atoms. The van der Waals surface area contributed by atoms with E-state index in [1.165, 1.54) is 24.4 Å². The van der Waals surface area contributed by atoms with Gasteiger partial charge in [-0.3, -0.25) is 14.7 Å². The standard InChI is InChI=1S/C34H37F3N6O2/c1-5-14-34(15-8-16-41(34)3)20-45-33-39-31-24(32(40-33)42(4)22-13-17-43(19-22)26(44)6-2)18-38-30(29(31)37)23-10-7-9-21-11-12-25(35)28(36)27(21)23/h6-7,9-12,18,22H,2,5,8,13-17,19-20H2,1,3-4H3. The van der Waals surface area contributed by atoms with Crippen LogP contribution >= 0.6 is 0 Å². The molecule has 0 bridgehead atoms. The number of ether oxygens (including phenoxy) is 1. The number of amides is 1. The third kappa shape index (κ3) is 5.47. The lowest BCUT2D eigenvalue weighted by Crippen LogP contribution is -2.46. The molecule has 8 nitrogen and oxygen atoms in total. The van der Waals surface area contributed by atoms with Gasteiger partial charge in [0.1, 0.15) is 23.6 Å². The van der Waals surface area contributed by atoms with Crippen molar-refractivity contribution in [3.8, 4) is 17.3 Å². The minimum atomic E-state index is -1.07. The minimum Gasteiger partial charge on any atom is -0.461 e. The first kappa shape index (κ1) is 30.8. The zero-order valence-electron chi connectivity index (χ0n) is 25.8.